The van der Waals surface area contributed by atoms with Crippen LogP contribution in [0.15, 0.2) is 72.1 Å². The summed E-state index contributed by atoms with van der Waals surface area (Å²) in [5, 5.41) is 11.1. The highest BCUT2D eigenvalue weighted by Crippen LogP contribution is 2.46. The van der Waals surface area contributed by atoms with Crippen molar-refractivity contribution in [3.8, 4) is 23.3 Å². The van der Waals surface area contributed by atoms with Crippen molar-refractivity contribution in [3.05, 3.63) is 98.7 Å². The van der Waals surface area contributed by atoms with Crippen molar-refractivity contribution in [2.75, 3.05) is 6.61 Å². The van der Waals surface area contributed by atoms with Crippen LogP contribution in [0.3, 0.4) is 0 Å². The Labute approximate surface area is 229 Å². The first-order chi connectivity index (χ1) is 18.4. The van der Waals surface area contributed by atoms with E-state index < -0.39 is 11.9 Å². The lowest BCUT2D eigenvalue weighted by molar-refractivity contribution is 0.0740. The molecule has 3 aromatic carbocycles. The van der Waals surface area contributed by atoms with Gasteiger partial charge in [-0.05, 0) is 37.1 Å². The van der Waals surface area contributed by atoms with Gasteiger partial charge in [-0.2, -0.15) is 5.26 Å². The summed E-state index contributed by atoms with van der Waals surface area (Å²) in [4.78, 5) is 13.4. The third-order valence-corrected chi connectivity index (χ3v) is 7.99. The van der Waals surface area contributed by atoms with Gasteiger partial charge in [0.25, 0.3) is 0 Å². The molecule has 1 aromatic heterocycles. The molecule has 0 radical (unpaired) electrons. The van der Waals surface area contributed by atoms with Crippen LogP contribution < -0.4 is 19.9 Å². The van der Waals surface area contributed by atoms with Crippen LogP contribution in [0.1, 0.15) is 52.0 Å². The Morgan fingerprint density at radius 2 is 1.97 bits per heavy atom. The van der Waals surface area contributed by atoms with Crippen LogP contribution >= 0.6 is 22.9 Å². The number of fused-ring (bicyclic) bond motifs is 2. The van der Waals surface area contributed by atoms with Crippen LogP contribution in [0.25, 0.3) is 10.1 Å². The Balaban J connectivity index is 1.48. The second-order valence-electron chi connectivity index (χ2n) is 9.00. The molecule has 2 heterocycles. The Bertz CT molecular complexity index is 1620. The molecule has 0 amide bonds. The van der Waals surface area contributed by atoms with Crippen LogP contribution in [0.5, 0.6) is 17.2 Å². The van der Waals surface area contributed by atoms with Crippen molar-refractivity contribution >= 4 is 39.0 Å². The second kappa shape index (κ2) is 10.8. The second-order valence-corrected chi connectivity index (χ2v) is 10.4. The largest absolute Gasteiger partial charge is 0.493 e. The first-order valence-corrected chi connectivity index (χ1v) is 13.4. The number of carbonyl (C=O) groups excluding carboxylic acids is 1. The Hall–Kier alpha value is -3.99. The molecule has 2 N–H and O–H groups in total. The number of hydrogen-bond acceptors (Lipinski definition) is 7. The van der Waals surface area contributed by atoms with E-state index in [9.17, 15) is 10.1 Å². The van der Waals surface area contributed by atoms with E-state index in [0.29, 0.717) is 33.6 Å². The van der Waals surface area contributed by atoms with E-state index in [2.05, 4.69) is 13.0 Å². The molecule has 0 spiro atoms. The molecule has 1 unspecified atom stereocenters. The van der Waals surface area contributed by atoms with Crippen LogP contribution in [-0.4, -0.2) is 12.6 Å². The van der Waals surface area contributed by atoms with E-state index in [1.165, 1.54) is 11.3 Å². The number of benzene rings is 3. The zero-order valence-electron chi connectivity index (χ0n) is 20.9. The highest BCUT2D eigenvalue weighted by molar-refractivity contribution is 7.21. The molecule has 6 nitrogen and oxygen atoms in total. The lowest BCUT2D eigenvalue weighted by Gasteiger charge is -2.28. The summed E-state index contributed by atoms with van der Waals surface area (Å²) in [6.07, 6.45) is 1.92. The number of rotatable bonds is 7. The summed E-state index contributed by atoms with van der Waals surface area (Å²) in [6, 6.07) is 20.7. The van der Waals surface area contributed by atoms with Gasteiger partial charge in [0, 0.05) is 27.3 Å². The minimum Gasteiger partial charge on any atom is -0.493 e. The van der Waals surface area contributed by atoms with Gasteiger partial charge in [-0.3, -0.25) is 0 Å². The Morgan fingerprint density at radius 1 is 1.16 bits per heavy atom. The topological polar surface area (TPSA) is 94.6 Å². The molecule has 0 fully saturated rings. The SMILES string of the molecule is CCCCOc1ccccc1C1C(C#N)=C(N)Oc2cc(OC(=O)c3sc4cc(C)ccc4c3Cl)ccc21. The first kappa shape index (κ1) is 25.7. The number of allylic oxidation sites excluding steroid dienone is 1. The number of esters is 1. The number of nitriles is 1. The number of thiophene rings is 1. The highest BCUT2D eigenvalue weighted by Gasteiger charge is 2.33. The van der Waals surface area contributed by atoms with Crippen LogP contribution in [0.4, 0.5) is 0 Å². The van der Waals surface area contributed by atoms with E-state index in [4.69, 9.17) is 31.5 Å². The average molecular weight is 545 g/mol. The normalized spacial score (nSPS) is 14.5. The molecule has 0 saturated carbocycles. The zero-order chi connectivity index (χ0) is 26.8. The number of halogens is 1. The van der Waals surface area contributed by atoms with Crippen molar-refractivity contribution in [2.24, 2.45) is 5.73 Å². The first-order valence-electron chi connectivity index (χ1n) is 12.2. The minimum absolute atomic E-state index is 0.000224. The summed E-state index contributed by atoms with van der Waals surface area (Å²) >= 11 is 7.79. The van der Waals surface area contributed by atoms with E-state index in [1.54, 1.807) is 18.2 Å². The van der Waals surface area contributed by atoms with Gasteiger partial charge in [-0.25, -0.2) is 4.79 Å². The molecule has 1 aliphatic rings. The van der Waals surface area contributed by atoms with E-state index in [-0.39, 0.29) is 11.6 Å². The van der Waals surface area contributed by atoms with Gasteiger partial charge in [-0.1, -0.05) is 61.3 Å². The van der Waals surface area contributed by atoms with Crippen LogP contribution in [-0.2, 0) is 0 Å². The predicted molar refractivity (Wildman–Crippen MR) is 149 cm³/mol. The summed E-state index contributed by atoms with van der Waals surface area (Å²) in [5.74, 6) is 0.309. The molecule has 0 aliphatic carbocycles. The predicted octanol–water partition coefficient (Wildman–Crippen LogP) is 7.48. The van der Waals surface area contributed by atoms with Crippen LogP contribution in [0.2, 0.25) is 5.02 Å². The molecule has 4 aromatic rings. The maximum Gasteiger partial charge on any atom is 0.355 e. The van der Waals surface area contributed by atoms with Crippen molar-refractivity contribution in [1.29, 1.82) is 5.26 Å². The number of hydrogen-bond donors (Lipinski definition) is 1. The number of nitrogens with two attached hydrogens (primary N) is 1. The van der Waals surface area contributed by atoms with Crippen molar-refractivity contribution < 1.29 is 19.0 Å². The van der Waals surface area contributed by atoms with Gasteiger partial charge >= 0.3 is 5.97 Å². The maximum absolute atomic E-state index is 13.0. The van der Waals surface area contributed by atoms with Crippen molar-refractivity contribution in [2.45, 2.75) is 32.6 Å². The van der Waals surface area contributed by atoms with Gasteiger partial charge in [0.15, 0.2) is 0 Å². The number of unbranched alkanes of at least 4 members (excludes halogenated alkanes) is 1. The third-order valence-electron chi connectivity index (χ3n) is 6.36. The van der Waals surface area contributed by atoms with E-state index in [0.717, 1.165) is 39.6 Å². The molecule has 1 atom stereocenters. The standard InChI is InChI=1S/C30H25ClN2O4S/c1-3-4-13-35-23-8-6-5-7-19(23)26-20-12-10-18(15-24(20)37-29(33)22(26)16-32)36-30(34)28-27(31)21-11-9-17(2)14-25(21)38-28/h5-12,14-15,26H,3-4,13,33H2,1-2H3. The minimum atomic E-state index is -0.558. The zero-order valence-corrected chi connectivity index (χ0v) is 22.5. The summed E-state index contributed by atoms with van der Waals surface area (Å²) in [7, 11) is 0. The lowest BCUT2D eigenvalue weighted by atomic mass is 9.83. The van der Waals surface area contributed by atoms with Crippen molar-refractivity contribution in [1.82, 2.24) is 0 Å². The molecule has 5 rings (SSSR count). The number of carbonyl (C=O) groups is 1. The number of aryl methyl sites for hydroxylation is 1. The number of ether oxygens (including phenoxy) is 3. The smallest absolute Gasteiger partial charge is 0.355 e. The third kappa shape index (κ3) is 4.81. The Morgan fingerprint density at radius 3 is 2.76 bits per heavy atom. The van der Waals surface area contributed by atoms with E-state index >= 15 is 0 Å². The summed E-state index contributed by atoms with van der Waals surface area (Å²) in [5.41, 5.74) is 9.09. The van der Waals surface area contributed by atoms with Gasteiger partial charge in [0.05, 0.1) is 17.5 Å². The van der Waals surface area contributed by atoms with Gasteiger partial charge in [0.2, 0.25) is 5.88 Å². The molecule has 0 saturated heterocycles. The quantitative estimate of drug-likeness (QED) is 0.147. The van der Waals surface area contributed by atoms with Gasteiger partial charge in [-0.15, -0.1) is 11.3 Å². The number of para-hydroxylation sites is 1. The maximum atomic E-state index is 13.0. The molecule has 38 heavy (non-hydrogen) atoms. The molecule has 8 heteroatoms. The van der Waals surface area contributed by atoms with Crippen LogP contribution in [0, 0.1) is 18.3 Å². The lowest BCUT2D eigenvalue weighted by Crippen LogP contribution is -2.21. The Kier molecular flexibility index (Phi) is 7.28. The summed E-state index contributed by atoms with van der Waals surface area (Å²) in [6.45, 7) is 4.65. The fraction of sp³-hybridized carbons (Fsp3) is 0.200. The summed E-state index contributed by atoms with van der Waals surface area (Å²) < 4.78 is 18.5. The molecular weight excluding hydrogens is 520 g/mol. The average Bonchev–Trinajstić information content (AvgIpc) is 3.23. The monoisotopic (exact) mass is 544 g/mol. The van der Waals surface area contributed by atoms with Crippen molar-refractivity contribution in [3.63, 3.8) is 0 Å². The van der Waals surface area contributed by atoms with Gasteiger partial charge in [0.1, 0.15) is 33.8 Å². The number of nitrogens with zero attached hydrogens (tertiary/aromatic N) is 1. The highest BCUT2D eigenvalue weighted by atomic mass is 35.5. The molecule has 0 bridgehead atoms. The molecule has 1 aliphatic heterocycles. The van der Waals surface area contributed by atoms with Gasteiger partial charge < -0.3 is 19.9 Å². The fourth-order valence-electron chi connectivity index (χ4n) is 4.45. The fourth-order valence-corrected chi connectivity index (χ4v) is 5.94. The molecular formula is C30H25ClN2O4S. The molecule has 192 valence electrons. The van der Waals surface area contributed by atoms with E-state index in [1.807, 2.05) is 49.4 Å².